The Morgan fingerprint density at radius 3 is 2.75 bits per heavy atom. The highest BCUT2D eigenvalue weighted by molar-refractivity contribution is 8.04. The lowest BCUT2D eigenvalue weighted by molar-refractivity contribution is -0.131. The number of amides is 2. The number of carbonyl (C=O) groups is 3. The molecule has 0 spiro atoms. The van der Waals surface area contributed by atoms with Crippen LogP contribution in [0, 0.1) is 6.92 Å². The molecule has 0 saturated carbocycles. The Bertz CT molecular complexity index is 958. The van der Waals surface area contributed by atoms with Crippen LogP contribution in [0.25, 0.3) is 0 Å². The van der Waals surface area contributed by atoms with Crippen molar-refractivity contribution in [3.05, 3.63) is 81.3 Å². The van der Waals surface area contributed by atoms with Crippen LogP contribution in [0.15, 0.2) is 59.6 Å². The highest BCUT2D eigenvalue weighted by atomic mass is 35.5. The minimum atomic E-state index is -0.301. The summed E-state index contributed by atoms with van der Waals surface area (Å²) in [5.41, 5.74) is 2.32. The molecule has 0 unspecified atom stereocenters. The molecule has 28 heavy (non-hydrogen) atoms. The minimum absolute atomic E-state index is 0.126. The molecule has 2 amide bonds. The van der Waals surface area contributed by atoms with E-state index in [1.54, 1.807) is 24.3 Å². The van der Waals surface area contributed by atoms with Crippen molar-refractivity contribution < 1.29 is 14.4 Å². The molecule has 1 heterocycles. The van der Waals surface area contributed by atoms with Gasteiger partial charge in [0, 0.05) is 23.2 Å². The number of carbonyl (C=O) groups excluding carboxylic acids is 3. The molecule has 3 rings (SSSR count). The molecule has 0 radical (unpaired) electrons. The van der Waals surface area contributed by atoms with E-state index in [1.165, 1.54) is 22.7 Å². The SMILES string of the molecule is Cc1ccccc1C(=O)/C=C1\SCC(=O)N1CC(=O)NCc1cccc(Cl)c1. The lowest BCUT2D eigenvalue weighted by Crippen LogP contribution is -2.37. The number of rotatable bonds is 6. The number of nitrogens with zero attached hydrogens (tertiary/aromatic N) is 1. The van der Waals surface area contributed by atoms with Gasteiger partial charge < -0.3 is 5.32 Å². The van der Waals surface area contributed by atoms with Gasteiger partial charge in [-0.05, 0) is 30.2 Å². The maximum Gasteiger partial charge on any atom is 0.240 e. The molecule has 0 aliphatic carbocycles. The van der Waals surface area contributed by atoms with Crippen LogP contribution in [0.3, 0.4) is 0 Å². The van der Waals surface area contributed by atoms with Gasteiger partial charge in [-0.2, -0.15) is 0 Å². The van der Waals surface area contributed by atoms with Gasteiger partial charge in [0.2, 0.25) is 11.8 Å². The van der Waals surface area contributed by atoms with Crippen molar-refractivity contribution in [3.8, 4) is 0 Å². The second-order valence-corrected chi connectivity index (χ2v) is 7.77. The highest BCUT2D eigenvalue weighted by Crippen LogP contribution is 2.29. The summed E-state index contributed by atoms with van der Waals surface area (Å²) in [6.07, 6.45) is 1.43. The predicted octanol–water partition coefficient (Wildman–Crippen LogP) is 3.56. The van der Waals surface area contributed by atoms with Crippen LogP contribution in [0.1, 0.15) is 21.5 Å². The van der Waals surface area contributed by atoms with Crippen LogP contribution in [0.5, 0.6) is 0 Å². The largest absolute Gasteiger partial charge is 0.350 e. The third-order valence-corrected chi connectivity index (χ3v) is 5.52. The van der Waals surface area contributed by atoms with Crippen molar-refractivity contribution in [1.29, 1.82) is 0 Å². The maximum absolute atomic E-state index is 12.6. The molecule has 144 valence electrons. The number of allylic oxidation sites excluding steroid dienone is 1. The molecule has 2 aromatic carbocycles. The van der Waals surface area contributed by atoms with Crippen LogP contribution in [-0.4, -0.2) is 34.8 Å². The molecule has 2 aromatic rings. The zero-order valence-electron chi connectivity index (χ0n) is 15.3. The summed E-state index contributed by atoms with van der Waals surface area (Å²) >= 11 is 7.20. The summed E-state index contributed by atoms with van der Waals surface area (Å²) in [7, 11) is 0. The average molecular weight is 415 g/mol. The summed E-state index contributed by atoms with van der Waals surface area (Å²) in [4.78, 5) is 38.4. The molecule has 7 heteroatoms. The predicted molar refractivity (Wildman–Crippen MR) is 111 cm³/mol. The number of halogens is 1. The van der Waals surface area contributed by atoms with Crippen molar-refractivity contribution in [2.24, 2.45) is 0 Å². The Hall–Kier alpha value is -2.57. The first kappa shape index (κ1) is 20.2. The van der Waals surface area contributed by atoms with Gasteiger partial charge in [0.25, 0.3) is 0 Å². The molecule has 0 bridgehead atoms. The molecule has 0 aromatic heterocycles. The van der Waals surface area contributed by atoms with Crippen LogP contribution >= 0.6 is 23.4 Å². The summed E-state index contributed by atoms with van der Waals surface area (Å²) in [6.45, 7) is 2.05. The van der Waals surface area contributed by atoms with E-state index in [2.05, 4.69) is 5.32 Å². The van der Waals surface area contributed by atoms with Gasteiger partial charge in [0.05, 0.1) is 10.8 Å². The smallest absolute Gasteiger partial charge is 0.240 e. The van der Waals surface area contributed by atoms with Gasteiger partial charge in [-0.15, -0.1) is 0 Å². The van der Waals surface area contributed by atoms with Crippen molar-refractivity contribution >= 4 is 41.0 Å². The first-order valence-electron chi connectivity index (χ1n) is 8.70. The van der Waals surface area contributed by atoms with Crippen LogP contribution < -0.4 is 5.32 Å². The number of thioether (sulfide) groups is 1. The van der Waals surface area contributed by atoms with Crippen LogP contribution in [0.2, 0.25) is 5.02 Å². The normalized spacial score (nSPS) is 15.1. The maximum atomic E-state index is 12.6. The highest BCUT2D eigenvalue weighted by Gasteiger charge is 2.29. The van der Waals surface area contributed by atoms with Gasteiger partial charge in [0.15, 0.2) is 5.78 Å². The quantitative estimate of drug-likeness (QED) is 0.579. The third kappa shape index (κ3) is 5.03. The molecule has 1 saturated heterocycles. The number of ketones is 1. The Balaban J connectivity index is 1.66. The van der Waals surface area contributed by atoms with E-state index in [-0.39, 0.29) is 29.9 Å². The minimum Gasteiger partial charge on any atom is -0.350 e. The van der Waals surface area contributed by atoms with E-state index in [0.29, 0.717) is 22.2 Å². The Morgan fingerprint density at radius 1 is 1.21 bits per heavy atom. The van der Waals surface area contributed by atoms with E-state index in [0.717, 1.165) is 11.1 Å². The molecule has 5 nitrogen and oxygen atoms in total. The summed E-state index contributed by atoms with van der Waals surface area (Å²) in [5, 5.41) is 3.87. The third-order valence-electron chi connectivity index (χ3n) is 4.26. The van der Waals surface area contributed by atoms with Crippen LogP contribution in [-0.2, 0) is 16.1 Å². The zero-order valence-corrected chi connectivity index (χ0v) is 16.8. The Labute approximate surface area is 172 Å². The first-order valence-corrected chi connectivity index (χ1v) is 10.1. The number of hydrogen-bond donors (Lipinski definition) is 1. The fourth-order valence-corrected chi connectivity index (χ4v) is 3.94. The fourth-order valence-electron chi connectivity index (χ4n) is 2.79. The van der Waals surface area contributed by atoms with Gasteiger partial charge in [0.1, 0.15) is 6.54 Å². The lowest BCUT2D eigenvalue weighted by Gasteiger charge is -2.17. The Morgan fingerprint density at radius 2 is 2.00 bits per heavy atom. The summed E-state index contributed by atoms with van der Waals surface area (Å²) in [6, 6.07) is 14.5. The fraction of sp³-hybridized carbons (Fsp3) is 0.190. The van der Waals surface area contributed by atoms with Crippen molar-refractivity contribution in [3.63, 3.8) is 0 Å². The van der Waals surface area contributed by atoms with E-state index in [9.17, 15) is 14.4 Å². The topological polar surface area (TPSA) is 66.5 Å². The van der Waals surface area contributed by atoms with Crippen LogP contribution in [0.4, 0.5) is 0 Å². The van der Waals surface area contributed by atoms with Crippen molar-refractivity contribution in [1.82, 2.24) is 10.2 Å². The zero-order chi connectivity index (χ0) is 20.1. The van der Waals surface area contributed by atoms with Gasteiger partial charge in [-0.3, -0.25) is 19.3 Å². The van der Waals surface area contributed by atoms with Gasteiger partial charge in [-0.25, -0.2) is 0 Å². The van der Waals surface area contributed by atoms with Crippen molar-refractivity contribution in [2.75, 3.05) is 12.3 Å². The van der Waals surface area contributed by atoms with E-state index >= 15 is 0 Å². The first-order chi connectivity index (χ1) is 13.4. The molecule has 0 atom stereocenters. The molecule has 1 aliphatic rings. The number of nitrogens with one attached hydrogen (secondary N) is 1. The lowest BCUT2D eigenvalue weighted by atomic mass is 10.1. The van der Waals surface area contributed by atoms with E-state index in [1.807, 2.05) is 31.2 Å². The van der Waals surface area contributed by atoms with Gasteiger partial charge in [-0.1, -0.05) is 59.8 Å². The summed E-state index contributed by atoms with van der Waals surface area (Å²) < 4.78 is 0. The monoisotopic (exact) mass is 414 g/mol. The standard InChI is InChI=1S/C21H19ClN2O3S/c1-14-5-2-3-8-17(14)18(25)10-21-24(20(27)13-28-21)12-19(26)23-11-15-6-4-7-16(22)9-15/h2-10H,11-13H2,1H3,(H,23,26)/b21-10-. The molecular weight excluding hydrogens is 396 g/mol. The summed E-state index contributed by atoms with van der Waals surface area (Å²) in [5.74, 6) is -0.453. The van der Waals surface area contributed by atoms with Crippen molar-refractivity contribution in [2.45, 2.75) is 13.5 Å². The van der Waals surface area contributed by atoms with E-state index in [4.69, 9.17) is 11.6 Å². The van der Waals surface area contributed by atoms with E-state index < -0.39 is 0 Å². The molecular formula is C21H19ClN2O3S. The van der Waals surface area contributed by atoms with Gasteiger partial charge >= 0.3 is 0 Å². The average Bonchev–Trinajstić information content (AvgIpc) is 3.00. The Kier molecular flexibility index (Phi) is 6.54. The molecule has 1 aliphatic heterocycles. The second kappa shape index (κ2) is 9.08. The molecule has 1 fully saturated rings. The number of benzene rings is 2. The molecule has 1 N–H and O–H groups in total. The second-order valence-electron chi connectivity index (χ2n) is 6.34. The number of hydrogen-bond acceptors (Lipinski definition) is 4. The number of aryl methyl sites for hydroxylation is 1.